The van der Waals surface area contributed by atoms with Crippen molar-refractivity contribution in [2.75, 3.05) is 13.7 Å². The summed E-state index contributed by atoms with van der Waals surface area (Å²) in [7, 11) is 1.34. The van der Waals surface area contributed by atoms with Crippen LogP contribution in [0.15, 0.2) is 24.3 Å². The van der Waals surface area contributed by atoms with Crippen LogP contribution >= 0.6 is 0 Å². The van der Waals surface area contributed by atoms with Crippen molar-refractivity contribution >= 4 is 11.8 Å². The molecule has 0 radical (unpaired) electrons. The Bertz CT molecular complexity index is 439. The predicted molar refractivity (Wildman–Crippen MR) is 60.7 cm³/mol. The van der Waals surface area contributed by atoms with Gasteiger partial charge < -0.3 is 9.47 Å². The number of esters is 1. The van der Waals surface area contributed by atoms with Gasteiger partial charge in [0.25, 0.3) is 0 Å². The van der Waals surface area contributed by atoms with Crippen LogP contribution in [-0.4, -0.2) is 25.5 Å². The summed E-state index contributed by atoms with van der Waals surface area (Å²) in [5.41, 5.74) is 1.20. The number of rotatable bonds is 2. The third-order valence-electron chi connectivity index (χ3n) is 2.83. The van der Waals surface area contributed by atoms with Crippen molar-refractivity contribution in [1.29, 1.82) is 0 Å². The van der Waals surface area contributed by atoms with Gasteiger partial charge in [-0.3, -0.25) is 4.79 Å². The average molecular weight is 234 g/mol. The van der Waals surface area contributed by atoms with Gasteiger partial charge in [0.05, 0.1) is 25.4 Å². The van der Waals surface area contributed by atoms with Gasteiger partial charge in [-0.1, -0.05) is 18.2 Å². The summed E-state index contributed by atoms with van der Waals surface area (Å²) >= 11 is 0. The summed E-state index contributed by atoms with van der Waals surface area (Å²) in [6.45, 7) is 0.416. The number of carbonyl (C=O) groups is 2. The van der Waals surface area contributed by atoms with E-state index in [1.165, 1.54) is 7.11 Å². The normalized spacial score (nSPS) is 20.1. The number of Topliss-reactive ketones (excluding diaryl/α,β-unsaturated/α-hetero) is 1. The molecule has 1 aliphatic heterocycles. The van der Waals surface area contributed by atoms with E-state index in [0.717, 1.165) is 5.56 Å². The van der Waals surface area contributed by atoms with Crippen molar-refractivity contribution in [1.82, 2.24) is 0 Å². The molecule has 0 N–H and O–H groups in total. The van der Waals surface area contributed by atoms with E-state index < -0.39 is 5.97 Å². The van der Waals surface area contributed by atoms with Crippen molar-refractivity contribution in [3.8, 4) is 0 Å². The summed E-state index contributed by atoms with van der Waals surface area (Å²) in [4.78, 5) is 23.0. The molecule has 1 aromatic rings. The van der Waals surface area contributed by atoms with Crippen molar-refractivity contribution < 1.29 is 19.1 Å². The molecule has 4 heteroatoms. The molecular formula is C13H14O4. The van der Waals surface area contributed by atoms with Crippen LogP contribution < -0.4 is 0 Å². The quantitative estimate of drug-likeness (QED) is 0.733. The van der Waals surface area contributed by atoms with Gasteiger partial charge >= 0.3 is 5.97 Å². The van der Waals surface area contributed by atoms with Crippen LogP contribution in [0.4, 0.5) is 0 Å². The molecule has 1 heterocycles. The molecule has 1 saturated heterocycles. The maximum atomic E-state index is 11.6. The molecule has 0 amide bonds. The van der Waals surface area contributed by atoms with E-state index in [1.807, 2.05) is 6.07 Å². The molecule has 0 aromatic heterocycles. The van der Waals surface area contributed by atoms with Gasteiger partial charge in [0.15, 0.2) is 0 Å². The molecule has 1 aromatic carbocycles. The lowest BCUT2D eigenvalue weighted by Gasteiger charge is -2.23. The second-order valence-corrected chi connectivity index (χ2v) is 3.93. The Hall–Kier alpha value is -1.68. The lowest BCUT2D eigenvalue weighted by atomic mass is 9.96. The van der Waals surface area contributed by atoms with Crippen molar-refractivity contribution in [3.63, 3.8) is 0 Å². The summed E-state index contributed by atoms with van der Waals surface area (Å²) < 4.78 is 10.3. The minimum absolute atomic E-state index is 0.168. The zero-order chi connectivity index (χ0) is 12.3. The average Bonchev–Trinajstić information content (AvgIpc) is 2.38. The van der Waals surface area contributed by atoms with Crippen LogP contribution in [0, 0.1) is 0 Å². The molecule has 0 bridgehead atoms. The molecule has 4 nitrogen and oxygen atoms in total. The first-order chi connectivity index (χ1) is 8.22. The van der Waals surface area contributed by atoms with Gasteiger partial charge in [0.1, 0.15) is 5.78 Å². The summed E-state index contributed by atoms with van der Waals surface area (Å²) in [6, 6.07) is 7.07. The highest BCUT2D eigenvalue weighted by Crippen LogP contribution is 2.28. The van der Waals surface area contributed by atoms with Crippen LogP contribution in [0.3, 0.4) is 0 Å². The monoisotopic (exact) mass is 234 g/mol. The number of hydrogen-bond acceptors (Lipinski definition) is 4. The van der Waals surface area contributed by atoms with Gasteiger partial charge in [-0.25, -0.2) is 4.79 Å². The number of carbonyl (C=O) groups excluding carboxylic acids is 2. The largest absolute Gasteiger partial charge is 0.465 e. The number of ketones is 1. The first-order valence-corrected chi connectivity index (χ1v) is 5.53. The molecule has 90 valence electrons. The smallest absolute Gasteiger partial charge is 0.338 e. The zero-order valence-corrected chi connectivity index (χ0v) is 9.64. The fourth-order valence-corrected chi connectivity index (χ4v) is 1.96. The molecule has 1 fully saturated rings. The Morgan fingerprint density at radius 2 is 2.18 bits per heavy atom. The lowest BCUT2D eigenvalue weighted by molar-refractivity contribution is -0.128. The number of ether oxygens (including phenoxy) is 2. The molecule has 17 heavy (non-hydrogen) atoms. The molecule has 1 atom stereocenters. The van der Waals surface area contributed by atoms with Gasteiger partial charge in [-0.15, -0.1) is 0 Å². The molecule has 0 unspecified atom stereocenters. The third-order valence-corrected chi connectivity index (χ3v) is 2.83. The van der Waals surface area contributed by atoms with Crippen LogP contribution in [-0.2, 0) is 14.3 Å². The van der Waals surface area contributed by atoms with Gasteiger partial charge in [-0.2, -0.15) is 0 Å². The maximum absolute atomic E-state index is 11.6. The highest BCUT2D eigenvalue weighted by molar-refractivity contribution is 5.91. The highest BCUT2D eigenvalue weighted by Gasteiger charge is 2.25. The van der Waals surface area contributed by atoms with E-state index in [4.69, 9.17) is 9.47 Å². The van der Waals surface area contributed by atoms with Crippen molar-refractivity contribution in [2.45, 2.75) is 18.9 Å². The first kappa shape index (κ1) is 11.8. The van der Waals surface area contributed by atoms with E-state index in [0.29, 0.717) is 25.0 Å². The number of benzene rings is 1. The minimum atomic E-state index is -0.401. The van der Waals surface area contributed by atoms with Gasteiger partial charge in [0.2, 0.25) is 0 Å². The van der Waals surface area contributed by atoms with Crippen LogP contribution in [0.2, 0.25) is 0 Å². The summed E-state index contributed by atoms with van der Waals surface area (Å²) in [6.07, 6.45) is 0.455. The standard InChI is InChI=1S/C13H14O4/c1-16-13(15)11-5-3-2-4-10(11)12-8-9(14)6-7-17-12/h2-5,12H,6-8H2,1H3/t12-/m1/s1. The Kier molecular flexibility index (Phi) is 3.54. The summed E-state index contributed by atoms with van der Waals surface area (Å²) in [5.74, 6) is -0.233. The Morgan fingerprint density at radius 1 is 1.41 bits per heavy atom. The lowest BCUT2D eigenvalue weighted by Crippen LogP contribution is -2.21. The van der Waals surface area contributed by atoms with Crippen molar-refractivity contribution in [2.24, 2.45) is 0 Å². The number of methoxy groups -OCH3 is 1. The van der Waals surface area contributed by atoms with Gasteiger partial charge in [0, 0.05) is 12.8 Å². The van der Waals surface area contributed by atoms with E-state index in [-0.39, 0.29) is 11.9 Å². The molecule has 1 aliphatic rings. The fourth-order valence-electron chi connectivity index (χ4n) is 1.96. The number of hydrogen-bond donors (Lipinski definition) is 0. The highest BCUT2D eigenvalue weighted by atomic mass is 16.5. The molecule has 0 saturated carbocycles. The first-order valence-electron chi connectivity index (χ1n) is 5.53. The van der Waals surface area contributed by atoms with Crippen LogP contribution in [0.1, 0.15) is 34.9 Å². The summed E-state index contributed by atoms with van der Waals surface area (Å²) in [5, 5.41) is 0. The molecular weight excluding hydrogens is 220 g/mol. The van der Waals surface area contributed by atoms with Gasteiger partial charge in [-0.05, 0) is 11.6 Å². The third kappa shape index (κ3) is 2.53. The molecule has 2 rings (SSSR count). The molecule has 0 spiro atoms. The maximum Gasteiger partial charge on any atom is 0.338 e. The predicted octanol–water partition coefficient (Wildman–Crippen LogP) is 1.89. The second-order valence-electron chi connectivity index (χ2n) is 3.93. The van der Waals surface area contributed by atoms with Crippen LogP contribution in [0.5, 0.6) is 0 Å². The zero-order valence-electron chi connectivity index (χ0n) is 9.64. The van der Waals surface area contributed by atoms with Crippen LogP contribution in [0.25, 0.3) is 0 Å². The minimum Gasteiger partial charge on any atom is -0.465 e. The van der Waals surface area contributed by atoms with E-state index in [1.54, 1.807) is 18.2 Å². The topological polar surface area (TPSA) is 52.6 Å². The Labute approximate surface area is 99.5 Å². The SMILES string of the molecule is COC(=O)c1ccccc1[C@H]1CC(=O)CCO1. The van der Waals surface area contributed by atoms with Crippen molar-refractivity contribution in [3.05, 3.63) is 35.4 Å². The fraction of sp³-hybridized carbons (Fsp3) is 0.385. The Balaban J connectivity index is 2.30. The van der Waals surface area contributed by atoms with E-state index in [9.17, 15) is 9.59 Å². The van der Waals surface area contributed by atoms with E-state index >= 15 is 0 Å². The molecule has 0 aliphatic carbocycles. The second kappa shape index (κ2) is 5.10. The van der Waals surface area contributed by atoms with E-state index in [2.05, 4.69) is 0 Å². The Morgan fingerprint density at radius 3 is 2.88 bits per heavy atom.